The molecular formula is C14H16BrNS. The van der Waals surface area contributed by atoms with E-state index < -0.39 is 0 Å². The lowest BCUT2D eigenvalue weighted by Gasteiger charge is -2.08. The molecule has 0 aliphatic carbocycles. The highest BCUT2D eigenvalue weighted by Gasteiger charge is 2.00. The molecular weight excluding hydrogens is 294 g/mol. The van der Waals surface area contributed by atoms with Crippen molar-refractivity contribution < 1.29 is 0 Å². The van der Waals surface area contributed by atoms with E-state index in [4.69, 9.17) is 0 Å². The minimum Gasteiger partial charge on any atom is -0.380 e. The van der Waals surface area contributed by atoms with Crippen molar-refractivity contribution in [3.05, 3.63) is 50.6 Å². The molecule has 2 aromatic rings. The lowest BCUT2D eigenvalue weighted by molar-refractivity contribution is 0.867. The zero-order valence-electron chi connectivity index (χ0n) is 10.0. The van der Waals surface area contributed by atoms with E-state index in [1.54, 1.807) is 11.3 Å². The molecule has 1 nitrogen and oxygen atoms in total. The quantitative estimate of drug-likeness (QED) is 0.813. The van der Waals surface area contributed by atoms with Gasteiger partial charge in [-0.2, -0.15) is 0 Å². The van der Waals surface area contributed by atoms with Gasteiger partial charge < -0.3 is 5.32 Å². The Hall–Kier alpha value is -0.800. The maximum Gasteiger partial charge on any atom is 0.0494 e. The zero-order chi connectivity index (χ0) is 12.3. The van der Waals surface area contributed by atoms with Gasteiger partial charge in [0.2, 0.25) is 0 Å². The van der Waals surface area contributed by atoms with Crippen LogP contribution in [0.5, 0.6) is 0 Å². The number of halogens is 1. The molecule has 1 aromatic heterocycles. The molecule has 0 aliphatic heterocycles. The van der Waals surface area contributed by atoms with Crippen LogP contribution in [0.4, 0.5) is 5.69 Å². The van der Waals surface area contributed by atoms with Gasteiger partial charge in [-0.1, -0.05) is 26.0 Å². The zero-order valence-corrected chi connectivity index (χ0v) is 12.4. The van der Waals surface area contributed by atoms with Crippen molar-refractivity contribution >= 4 is 33.0 Å². The van der Waals surface area contributed by atoms with Crippen molar-refractivity contribution in [2.75, 3.05) is 5.32 Å². The third kappa shape index (κ3) is 3.58. The summed E-state index contributed by atoms with van der Waals surface area (Å²) in [6.07, 6.45) is 0. The van der Waals surface area contributed by atoms with E-state index >= 15 is 0 Å². The minimum absolute atomic E-state index is 0.595. The van der Waals surface area contributed by atoms with Crippen molar-refractivity contribution in [2.45, 2.75) is 26.3 Å². The normalized spacial score (nSPS) is 10.8. The highest BCUT2D eigenvalue weighted by molar-refractivity contribution is 9.10. The lowest BCUT2D eigenvalue weighted by Crippen LogP contribution is -1.97. The summed E-state index contributed by atoms with van der Waals surface area (Å²) in [5.74, 6) is 0.595. The van der Waals surface area contributed by atoms with E-state index in [9.17, 15) is 0 Å². The summed E-state index contributed by atoms with van der Waals surface area (Å²) in [5, 5.41) is 5.54. The molecule has 3 heteroatoms. The van der Waals surface area contributed by atoms with Crippen LogP contribution < -0.4 is 5.32 Å². The summed E-state index contributed by atoms with van der Waals surface area (Å²) in [7, 11) is 0. The number of thiophene rings is 1. The van der Waals surface area contributed by atoms with Gasteiger partial charge in [-0.05, 0) is 45.6 Å². The fraction of sp³-hybridized carbons (Fsp3) is 0.286. The largest absolute Gasteiger partial charge is 0.380 e. The van der Waals surface area contributed by atoms with Gasteiger partial charge in [0.1, 0.15) is 0 Å². The molecule has 1 aromatic carbocycles. The Kier molecular flexibility index (Phi) is 4.24. The first-order valence-corrected chi connectivity index (χ1v) is 7.39. The van der Waals surface area contributed by atoms with Crippen LogP contribution >= 0.6 is 27.3 Å². The summed E-state index contributed by atoms with van der Waals surface area (Å²) in [5.41, 5.74) is 2.56. The highest BCUT2D eigenvalue weighted by atomic mass is 79.9. The molecule has 0 saturated carbocycles. The van der Waals surface area contributed by atoms with E-state index in [1.807, 2.05) is 0 Å². The molecule has 0 amide bonds. The molecule has 17 heavy (non-hydrogen) atoms. The number of rotatable bonds is 4. The van der Waals surface area contributed by atoms with Crippen LogP contribution in [0.15, 0.2) is 40.2 Å². The molecule has 0 bridgehead atoms. The summed E-state index contributed by atoms with van der Waals surface area (Å²) in [4.78, 5) is 1.34. The molecule has 0 saturated heterocycles. The predicted octanol–water partition coefficient (Wildman–Crippen LogP) is 5.25. The summed E-state index contributed by atoms with van der Waals surface area (Å²) in [6.45, 7) is 5.31. The van der Waals surface area contributed by atoms with Gasteiger partial charge in [0, 0.05) is 27.0 Å². The second kappa shape index (κ2) is 5.69. The van der Waals surface area contributed by atoms with Gasteiger partial charge in [0.05, 0.1) is 0 Å². The van der Waals surface area contributed by atoms with Gasteiger partial charge in [0.15, 0.2) is 0 Å². The maximum atomic E-state index is 3.47. The fourth-order valence-electron chi connectivity index (χ4n) is 1.62. The number of anilines is 1. The molecule has 0 radical (unpaired) electrons. The third-order valence-corrected chi connectivity index (χ3v) is 4.36. The monoisotopic (exact) mass is 309 g/mol. The van der Waals surface area contributed by atoms with Crippen LogP contribution in [0, 0.1) is 0 Å². The van der Waals surface area contributed by atoms with E-state index in [0.29, 0.717) is 5.92 Å². The van der Waals surface area contributed by atoms with Crippen molar-refractivity contribution in [1.29, 1.82) is 0 Å². The Labute approximate surface area is 115 Å². The smallest absolute Gasteiger partial charge is 0.0494 e. The topological polar surface area (TPSA) is 12.0 Å². The van der Waals surface area contributed by atoms with Crippen LogP contribution in [0.1, 0.15) is 30.2 Å². The van der Waals surface area contributed by atoms with Crippen molar-refractivity contribution in [3.63, 3.8) is 0 Å². The van der Waals surface area contributed by atoms with Crippen LogP contribution in [0.25, 0.3) is 0 Å². The van der Waals surface area contributed by atoms with E-state index in [0.717, 1.165) is 11.0 Å². The molecule has 90 valence electrons. The van der Waals surface area contributed by atoms with Gasteiger partial charge in [0.25, 0.3) is 0 Å². The molecule has 0 fully saturated rings. The first-order valence-electron chi connectivity index (χ1n) is 5.72. The molecule has 0 spiro atoms. The third-order valence-electron chi connectivity index (χ3n) is 2.67. The van der Waals surface area contributed by atoms with Crippen molar-refractivity contribution in [1.82, 2.24) is 0 Å². The van der Waals surface area contributed by atoms with Crippen LogP contribution in [0.3, 0.4) is 0 Å². The van der Waals surface area contributed by atoms with Crippen molar-refractivity contribution in [3.8, 4) is 0 Å². The van der Waals surface area contributed by atoms with Crippen molar-refractivity contribution in [2.24, 2.45) is 0 Å². The summed E-state index contributed by atoms with van der Waals surface area (Å²) < 4.78 is 1.16. The molecule has 2 rings (SSSR count). The predicted molar refractivity (Wildman–Crippen MR) is 79.9 cm³/mol. The van der Waals surface area contributed by atoms with E-state index in [-0.39, 0.29) is 0 Å². The van der Waals surface area contributed by atoms with Crippen LogP contribution in [-0.4, -0.2) is 0 Å². The fourth-order valence-corrected chi connectivity index (χ4v) is 3.01. The SMILES string of the molecule is CC(C)c1ccc(NCc2cc(Br)cs2)cc1. The number of nitrogens with one attached hydrogen (secondary N) is 1. The molecule has 0 atom stereocenters. The highest BCUT2D eigenvalue weighted by Crippen LogP contribution is 2.21. The Morgan fingerprint density at radius 3 is 2.47 bits per heavy atom. The minimum atomic E-state index is 0.595. The van der Waals surface area contributed by atoms with E-state index in [1.165, 1.54) is 16.1 Å². The maximum absolute atomic E-state index is 3.47. The second-order valence-corrected chi connectivity index (χ2v) is 6.27. The van der Waals surface area contributed by atoms with Gasteiger partial charge in [-0.15, -0.1) is 11.3 Å². The lowest BCUT2D eigenvalue weighted by atomic mass is 10.0. The second-order valence-electron chi connectivity index (χ2n) is 4.36. The van der Waals surface area contributed by atoms with Gasteiger partial charge >= 0.3 is 0 Å². The van der Waals surface area contributed by atoms with Gasteiger partial charge in [-0.3, -0.25) is 0 Å². The molecule has 0 aliphatic rings. The van der Waals surface area contributed by atoms with Crippen LogP contribution in [-0.2, 0) is 6.54 Å². The number of hydrogen-bond acceptors (Lipinski definition) is 2. The van der Waals surface area contributed by atoms with Crippen LogP contribution in [0.2, 0.25) is 0 Å². The molecule has 1 N–H and O–H groups in total. The average molecular weight is 310 g/mol. The standard InChI is InChI=1S/C14H16BrNS/c1-10(2)11-3-5-13(6-4-11)16-8-14-7-12(15)9-17-14/h3-7,9-10,16H,8H2,1-2H3. The number of hydrogen-bond donors (Lipinski definition) is 1. The summed E-state index contributed by atoms with van der Waals surface area (Å²) in [6, 6.07) is 10.8. The number of benzene rings is 1. The Morgan fingerprint density at radius 2 is 1.94 bits per heavy atom. The molecule has 1 heterocycles. The van der Waals surface area contributed by atoms with Gasteiger partial charge in [-0.25, -0.2) is 0 Å². The average Bonchev–Trinajstić information content (AvgIpc) is 2.73. The first kappa shape index (κ1) is 12.7. The Morgan fingerprint density at radius 1 is 1.24 bits per heavy atom. The summed E-state index contributed by atoms with van der Waals surface area (Å²) >= 11 is 5.23. The first-order chi connectivity index (χ1) is 8.15. The Bertz CT molecular complexity index is 473. The Balaban J connectivity index is 1.95. The van der Waals surface area contributed by atoms with E-state index in [2.05, 4.69) is 70.8 Å². The molecule has 0 unspecified atom stereocenters.